The molecule has 1 N–H and O–H groups in total. The maximum absolute atomic E-state index is 12.3. The topological polar surface area (TPSA) is 116 Å². The molecule has 2 aromatic heterocycles. The Balaban J connectivity index is 1.84. The van der Waals surface area contributed by atoms with Gasteiger partial charge in [0.05, 0.1) is 16.2 Å². The Labute approximate surface area is 147 Å². The predicted octanol–water partition coefficient (Wildman–Crippen LogP) is 2.00. The second-order valence-corrected chi connectivity index (χ2v) is 5.33. The highest BCUT2D eigenvalue weighted by Gasteiger charge is 2.18. The second-order valence-electron chi connectivity index (χ2n) is 5.33. The molecule has 0 saturated heterocycles. The van der Waals surface area contributed by atoms with Gasteiger partial charge in [-0.2, -0.15) is 0 Å². The first kappa shape index (κ1) is 17.1. The number of carbonyl (C=O) groups is 1. The number of carbonyl (C=O) groups excluding carboxylic acids is 1. The fourth-order valence-corrected chi connectivity index (χ4v) is 2.43. The molecule has 0 aliphatic carbocycles. The summed E-state index contributed by atoms with van der Waals surface area (Å²) in [6.45, 7) is -0.231. The van der Waals surface area contributed by atoms with Gasteiger partial charge in [0.25, 0.3) is 11.2 Å². The number of benzene rings is 1. The molecule has 3 aromatic rings. The molecule has 0 saturated carbocycles. The SMILES string of the molecule is CNc1ccc([N+](=O)[O-])cc1C(=O)OCc1cc(=O)n2ccccc2n1. The first-order valence-electron chi connectivity index (χ1n) is 7.60. The van der Waals surface area contributed by atoms with Crippen LogP contribution >= 0.6 is 0 Å². The van der Waals surface area contributed by atoms with Gasteiger partial charge in [-0.3, -0.25) is 19.3 Å². The van der Waals surface area contributed by atoms with Crippen molar-refractivity contribution in [1.82, 2.24) is 9.38 Å². The number of nitrogens with zero attached hydrogens (tertiary/aromatic N) is 3. The maximum atomic E-state index is 12.3. The lowest BCUT2D eigenvalue weighted by Gasteiger charge is -2.09. The van der Waals surface area contributed by atoms with Crippen molar-refractivity contribution in [3.63, 3.8) is 0 Å². The number of nitro benzene ring substituents is 1. The van der Waals surface area contributed by atoms with E-state index >= 15 is 0 Å². The van der Waals surface area contributed by atoms with Crippen LogP contribution in [0.1, 0.15) is 16.1 Å². The third kappa shape index (κ3) is 3.36. The Morgan fingerprint density at radius 2 is 2.12 bits per heavy atom. The number of hydrogen-bond donors (Lipinski definition) is 1. The van der Waals surface area contributed by atoms with E-state index in [2.05, 4.69) is 10.3 Å². The van der Waals surface area contributed by atoms with Crippen molar-refractivity contribution < 1.29 is 14.5 Å². The number of esters is 1. The predicted molar refractivity (Wildman–Crippen MR) is 93.2 cm³/mol. The number of rotatable bonds is 5. The summed E-state index contributed by atoms with van der Waals surface area (Å²) in [7, 11) is 1.59. The largest absolute Gasteiger partial charge is 0.456 e. The molecule has 0 atom stereocenters. The van der Waals surface area contributed by atoms with Crippen LogP contribution in [0.25, 0.3) is 5.65 Å². The number of nitro groups is 1. The smallest absolute Gasteiger partial charge is 0.340 e. The van der Waals surface area contributed by atoms with Crippen LogP contribution in [0.5, 0.6) is 0 Å². The van der Waals surface area contributed by atoms with Gasteiger partial charge in [0.1, 0.15) is 12.3 Å². The normalized spacial score (nSPS) is 10.5. The summed E-state index contributed by atoms with van der Waals surface area (Å²) < 4.78 is 6.55. The molecule has 0 spiro atoms. The molecular weight excluding hydrogens is 340 g/mol. The fourth-order valence-electron chi connectivity index (χ4n) is 2.43. The monoisotopic (exact) mass is 354 g/mol. The van der Waals surface area contributed by atoms with E-state index in [0.717, 1.165) is 6.07 Å². The van der Waals surface area contributed by atoms with Crippen molar-refractivity contribution >= 4 is 23.0 Å². The standard InChI is InChI=1S/C17H14N4O5/c1-18-14-6-5-12(21(24)25)9-13(14)17(23)26-10-11-8-16(22)20-7-3-2-4-15(20)19-11/h2-9,18H,10H2,1H3. The quantitative estimate of drug-likeness (QED) is 0.423. The highest BCUT2D eigenvalue weighted by Crippen LogP contribution is 2.23. The van der Waals surface area contributed by atoms with Gasteiger partial charge in [-0.05, 0) is 18.2 Å². The Bertz CT molecular complexity index is 1060. The van der Waals surface area contributed by atoms with Crippen LogP contribution in [0.15, 0.2) is 53.5 Å². The van der Waals surface area contributed by atoms with Crippen molar-refractivity contribution in [1.29, 1.82) is 0 Å². The van der Waals surface area contributed by atoms with Gasteiger partial charge in [-0.1, -0.05) is 6.07 Å². The number of ether oxygens (including phenoxy) is 1. The number of fused-ring (bicyclic) bond motifs is 1. The Morgan fingerprint density at radius 1 is 1.31 bits per heavy atom. The van der Waals surface area contributed by atoms with Crippen LogP contribution in [0.2, 0.25) is 0 Å². The molecule has 9 nitrogen and oxygen atoms in total. The van der Waals surface area contributed by atoms with Crippen LogP contribution in [0.3, 0.4) is 0 Å². The number of pyridine rings is 1. The molecule has 0 bridgehead atoms. The summed E-state index contributed by atoms with van der Waals surface area (Å²) in [5.74, 6) is -0.756. The van der Waals surface area contributed by atoms with Crippen molar-refractivity contribution in [3.05, 3.63) is 80.4 Å². The zero-order valence-electron chi connectivity index (χ0n) is 13.7. The van der Waals surface area contributed by atoms with Gasteiger partial charge < -0.3 is 10.1 Å². The minimum atomic E-state index is -0.756. The number of hydrogen-bond acceptors (Lipinski definition) is 7. The molecule has 1 aromatic carbocycles. The highest BCUT2D eigenvalue weighted by molar-refractivity contribution is 5.96. The van der Waals surface area contributed by atoms with E-state index in [1.807, 2.05) is 0 Å². The number of aromatic nitrogens is 2. The average molecular weight is 354 g/mol. The van der Waals surface area contributed by atoms with Crippen LogP contribution in [0, 0.1) is 10.1 Å². The van der Waals surface area contributed by atoms with Crippen LogP contribution in [-0.2, 0) is 11.3 Å². The van der Waals surface area contributed by atoms with E-state index in [1.165, 1.54) is 22.6 Å². The van der Waals surface area contributed by atoms with E-state index in [1.54, 1.807) is 31.4 Å². The molecule has 2 heterocycles. The molecule has 0 unspecified atom stereocenters. The molecule has 0 aliphatic rings. The Kier molecular flexibility index (Phi) is 4.61. The first-order chi connectivity index (χ1) is 12.5. The van der Waals surface area contributed by atoms with Gasteiger partial charge in [-0.15, -0.1) is 0 Å². The van der Waals surface area contributed by atoms with Gasteiger partial charge in [0.15, 0.2) is 0 Å². The van der Waals surface area contributed by atoms with Crippen molar-refractivity contribution in [2.24, 2.45) is 0 Å². The number of nitrogens with one attached hydrogen (secondary N) is 1. The van der Waals surface area contributed by atoms with E-state index in [-0.39, 0.29) is 29.1 Å². The highest BCUT2D eigenvalue weighted by atomic mass is 16.6. The molecule has 3 rings (SSSR count). The molecule has 9 heteroatoms. The van der Waals surface area contributed by atoms with Crippen LogP contribution in [0.4, 0.5) is 11.4 Å². The van der Waals surface area contributed by atoms with Gasteiger partial charge >= 0.3 is 5.97 Å². The summed E-state index contributed by atoms with van der Waals surface area (Å²) in [4.78, 5) is 38.9. The van der Waals surface area contributed by atoms with Crippen molar-refractivity contribution in [2.75, 3.05) is 12.4 Å². The lowest BCUT2D eigenvalue weighted by molar-refractivity contribution is -0.384. The maximum Gasteiger partial charge on any atom is 0.340 e. The summed E-state index contributed by atoms with van der Waals surface area (Å²) in [5.41, 5.74) is 0.612. The third-order valence-corrected chi connectivity index (χ3v) is 3.68. The number of non-ortho nitro benzene ring substituents is 1. The molecule has 0 radical (unpaired) electrons. The summed E-state index contributed by atoms with van der Waals surface area (Å²) >= 11 is 0. The number of anilines is 1. The van der Waals surface area contributed by atoms with E-state index in [9.17, 15) is 19.7 Å². The van der Waals surface area contributed by atoms with E-state index in [0.29, 0.717) is 11.3 Å². The van der Waals surface area contributed by atoms with Crippen molar-refractivity contribution in [2.45, 2.75) is 6.61 Å². The van der Waals surface area contributed by atoms with Crippen LogP contribution in [-0.4, -0.2) is 27.3 Å². The van der Waals surface area contributed by atoms with Crippen molar-refractivity contribution in [3.8, 4) is 0 Å². The van der Waals surface area contributed by atoms with Gasteiger partial charge in [-0.25, -0.2) is 9.78 Å². The van der Waals surface area contributed by atoms with E-state index in [4.69, 9.17) is 4.74 Å². The first-order valence-corrected chi connectivity index (χ1v) is 7.60. The minimum absolute atomic E-state index is 0.0270. The zero-order valence-corrected chi connectivity index (χ0v) is 13.7. The summed E-state index contributed by atoms with van der Waals surface area (Å²) in [5, 5.41) is 13.7. The average Bonchev–Trinajstić information content (AvgIpc) is 2.65. The molecule has 26 heavy (non-hydrogen) atoms. The fraction of sp³-hybridized carbons (Fsp3) is 0.118. The lowest BCUT2D eigenvalue weighted by Crippen LogP contribution is -2.16. The van der Waals surface area contributed by atoms with Gasteiger partial charge in [0.2, 0.25) is 0 Å². The second kappa shape index (κ2) is 7.01. The minimum Gasteiger partial charge on any atom is -0.456 e. The van der Waals surface area contributed by atoms with Crippen LogP contribution < -0.4 is 10.9 Å². The molecular formula is C17H14N4O5. The lowest BCUT2D eigenvalue weighted by atomic mass is 10.1. The molecule has 0 fully saturated rings. The third-order valence-electron chi connectivity index (χ3n) is 3.68. The Morgan fingerprint density at radius 3 is 2.85 bits per heavy atom. The molecule has 132 valence electrons. The zero-order chi connectivity index (χ0) is 18.7. The molecule has 0 aliphatic heterocycles. The summed E-state index contributed by atoms with van der Waals surface area (Å²) in [6, 6.07) is 10.2. The summed E-state index contributed by atoms with van der Waals surface area (Å²) in [6.07, 6.45) is 1.59. The van der Waals surface area contributed by atoms with E-state index < -0.39 is 10.9 Å². The molecule has 0 amide bonds. The van der Waals surface area contributed by atoms with Gasteiger partial charge in [0, 0.05) is 37.1 Å². The Hall–Kier alpha value is -3.75.